The van der Waals surface area contributed by atoms with E-state index >= 15 is 0 Å². The van der Waals surface area contributed by atoms with E-state index in [0.29, 0.717) is 21.9 Å². The molecule has 1 aliphatic heterocycles. The number of hydrogen-bond acceptors (Lipinski definition) is 5. The first-order valence-corrected chi connectivity index (χ1v) is 9.49. The fourth-order valence-corrected chi connectivity index (χ4v) is 3.85. The molecule has 6 nitrogen and oxygen atoms in total. The van der Waals surface area contributed by atoms with Crippen LogP contribution in [0.4, 0.5) is 0 Å². The highest BCUT2D eigenvalue weighted by Crippen LogP contribution is 2.40. The monoisotopic (exact) mass is 393 g/mol. The van der Waals surface area contributed by atoms with E-state index in [4.69, 9.17) is 20.5 Å². The van der Waals surface area contributed by atoms with Crippen molar-refractivity contribution in [2.24, 2.45) is 0 Å². The van der Waals surface area contributed by atoms with Crippen LogP contribution in [0.3, 0.4) is 0 Å². The lowest BCUT2D eigenvalue weighted by Crippen LogP contribution is -2.15. The van der Waals surface area contributed by atoms with Gasteiger partial charge in [0.1, 0.15) is 23.0 Å². The Kier molecular flexibility index (Phi) is 4.93. The highest BCUT2D eigenvalue weighted by molar-refractivity contribution is 7.87. The Morgan fingerprint density at radius 1 is 1.31 bits per heavy atom. The van der Waals surface area contributed by atoms with Gasteiger partial charge < -0.3 is 14.2 Å². The minimum atomic E-state index is -4.03. The molecule has 3 rings (SSSR count). The van der Waals surface area contributed by atoms with Crippen molar-refractivity contribution in [2.45, 2.75) is 11.8 Å². The van der Waals surface area contributed by atoms with Crippen molar-refractivity contribution >= 4 is 33.2 Å². The van der Waals surface area contributed by atoms with Crippen LogP contribution in [0.25, 0.3) is 5.57 Å². The average Bonchev–Trinajstić information content (AvgIpc) is 3.00. The number of amides is 1. The van der Waals surface area contributed by atoms with Crippen LogP contribution < -0.4 is 14.2 Å². The molecule has 0 spiro atoms. The summed E-state index contributed by atoms with van der Waals surface area (Å²) in [6.07, 6.45) is 1.45. The van der Waals surface area contributed by atoms with Gasteiger partial charge in [-0.25, -0.2) is 0 Å². The lowest BCUT2D eigenvalue weighted by atomic mass is 10.0. The van der Waals surface area contributed by atoms with Gasteiger partial charge in [0.25, 0.3) is 0 Å². The van der Waals surface area contributed by atoms with Gasteiger partial charge in [0.2, 0.25) is 5.91 Å². The Balaban J connectivity index is 1.94. The predicted octanol–water partition coefficient (Wildman–Crippen LogP) is 2.94. The largest absolute Gasteiger partial charge is 0.488 e. The van der Waals surface area contributed by atoms with Crippen molar-refractivity contribution in [3.63, 3.8) is 0 Å². The summed E-state index contributed by atoms with van der Waals surface area (Å²) in [5.74, 6) is 0.418. The zero-order valence-electron chi connectivity index (χ0n) is 14.1. The highest BCUT2D eigenvalue weighted by Gasteiger charge is 2.25. The number of benzene rings is 2. The summed E-state index contributed by atoms with van der Waals surface area (Å²) in [6, 6.07) is 9.06. The van der Waals surface area contributed by atoms with Gasteiger partial charge in [0.15, 0.2) is 0 Å². The Morgan fingerprint density at radius 2 is 2.08 bits per heavy atom. The van der Waals surface area contributed by atoms with Crippen molar-refractivity contribution in [1.82, 2.24) is 5.32 Å². The first-order valence-electron chi connectivity index (χ1n) is 7.71. The van der Waals surface area contributed by atoms with E-state index in [1.54, 1.807) is 32.2 Å². The average molecular weight is 394 g/mol. The molecule has 26 heavy (non-hydrogen) atoms. The fourth-order valence-electron chi connectivity index (χ4n) is 2.57. The first-order chi connectivity index (χ1) is 12.3. The Labute approximate surface area is 156 Å². The standard InChI is InChI=1S/C18H16ClNO5S/c1-11-16(25-26(22,23)14-5-3-4-13(19)9-14)7-6-15-12(8-17(21)20-2)10-24-18(11)15/h3-9H,10H2,1-2H3,(H,20,21)/b12-8-. The van der Waals surface area contributed by atoms with Gasteiger partial charge in [-0.05, 0) is 37.3 Å². The van der Waals surface area contributed by atoms with E-state index in [2.05, 4.69) is 5.32 Å². The van der Waals surface area contributed by atoms with Crippen LogP contribution in [0.5, 0.6) is 11.5 Å². The molecule has 0 saturated heterocycles. The third-order valence-electron chi connectivity index (χ3n) is 3.91. The second-order valence-electron chi connectivity index (χ2n) is 5.63. The summed E-state index contributed by atoms with van der Waals surface area (Å²) in [6.45, 7) is 1.93. The van der Waals surface area contributed by atoms with Gasteiger partial charge in [0, 0.05) is 34.8 Å². The molecule has 2 aromatic rings. The molecule has 0 aromatic heterocycles. The number of hydrogen-bond donors (Lipinski definition) is 1. The van der Waals surface area contributed by atoms with Crippen LogP contribution in [0.15, 0.2) is 47.4 Å². The molecule has 0 unspecified atom stereocenters. The topological polar surface area (TPSA) is 81.7 Å². The lowest BCUT2D eigenvalue weighted by molar-refractivity contribution is -0.116. The Morgan fingerprint density at radius 3 is 2.77 bits per heavy atom. The molecule has 136 valence electrons. The molecule has 0 radical (unpaired) electrons. The van der Waals surface area contributed by atoms with Crippen LogP contribution in [-0.4, -0.2) is 28.0 Å². The van der Waals surface area contributed by atoms with E-state index in [0.717, 1.165) is 5.56 Å². The summed E-state index contributed by atoms with van der Waals surface area (Å²) in [5.41, 5.74) is 1.98. The minimum Gasteiger partial charge on any atom is -0.488 e. The minimum absolute atomic E-state index is 0.0361. The van der Waals surface area contributed by atoms with Crippen LogP contribution >= 0.6 is 11.6 Å². The zero-order chi connectivity index (χ0) is 18.9. The molecule has 0 bridgehead atoms. The fraction of sp³-hybridized carbons (Fsp3) is 0.167. The number of carbonyl (C=O) groups is 1. The molecule has 1 heterocycles. The van der Waals surface area contributed by atoms with E-state index in [9.17, 15) is 13.2 Å². The molecule has 0 atom stereocenters. The molecule has 0 fully saturated rings. The highest BCUT2D eigenvalue weighted by atomic mass is 35.5. The van der Waals surface area contributed by atoms with Crippen LogP contribution in [0, 0.1) is 6.92 Å². The molecular weight excluding hydrogens is 378 g/mol. The van der Waals surface area contributed by atoms with Crippen molar-refractivity contribution < 1.29 is 22.1 Å². The number of ether oxygens (including phenoxy) is 1. The SMILES string of the molecule is CNC(=O)/C=C1/COc2c1ccc(OS(=O)(=O)c1cccc(Cl)c1)c2C. The first kappa shape index (κ1) is 18.3. The molecule has 1 aliphatic rings. The predicted molar refractivity (Wildman–Crippen MR) is 98.0 cm³/mol. The quantitative estimate of drug-likeness (QED) is 0.638. The van der Waals surface area contributed by atoms with Crippen LogP contribution in [-0.2, 0) is 14.9 Å². The van der Waals surface area contributed by atoms with Crippen molar-refractivity contribution in [3.8, 4) is 11.5 Å². The van der Waals surface area contributed by atoms with Gasteiger partial charge in [-0.1, -0.05) is 17.7 Å². The van der Waals surface area contributed by atoms with Gasteiger partial charge in [-0.3, -0.25) is 4.79 Å². The van der Waals surface area contributed by atoms with Gasteiger partial charge in [-0.15, -0.1) is 0 Å². The summed E-state index contributed by atoms with van der Waals surface area (Å²) in [7, 11) is -2.49. The molecular formula is C18H16ClNO5S. The van der Waals surface area contributed by atoms with Gasteiger partial charge >= 0.3 is 10.1 Å². The number of likely N-dealkylation sites (N-methyl/N-ethyl adjacent to an activating group) is 1. The van der Waals surface area contributed by atoms with Gasteiger partial charge in [-0.2, -0.15) is 8.42 Å². The number of fused-ring (bicyclic) bond motifs is 1. The Hall–Kier alpha value is -2.51. The van der Waals surface area contributed by atoms with Crippen LogP contribution in [0.1, 0.15) is 11.1 Å². The molecule has 2 aromatic carbocycles. The normalized spacial score (nSPS) is 14.7. The smallest absolute Gasteiger partial charge is 0.339 e. The lowest BCUT2D eigenvalue weighted by Gasteiger charge is -2.12. The van der Waals surface area contributed by atoms with E-state index in [1.807, 2.05) is 0 Å². The number of rotatable bonds is 4. The van der Waals surface area contributed by atoms with Gasteiger partial charge in [0.05, 0.1) is 0 Å². The van der Waals surface area contributed by atoms with Crippen molar-refractivity contribution in [3.05, 3.63) is 58.6 Å². The molecule has 8 heteroatoms. The van der Waals surface area contributed by atoms with E-state index in [-0.39, 0.29) is 23.2 Å². The second kappa shape index (κ2) is 7.01. The summed E-state index contributed by atoms with van der Waals surface area (Å²) < 4.78 is 35.8. The summed E-state index contributed by atoms with van der Waals surface area (Å²) >= 11 is 5.85. The second-order valence-corrected chi connectivity index (χ2v) is 7.62. The Bertz CT molecular complexity index is 1010. The third-order valence-corrected chi connectivity index (χ3v) is 5.38. The summed E-state index contributed by atoms with van der Waals surface area (Å²) in [5, 5.41) is 2.82. The maximum Gasteiger partial charge on any atom is 0.339 e. The summed E-state index contributed by atoms with van der Waals surface area (Å²) in [4.78, 5) is 11.5. The van der Waals surface area contributed by atoms with E-state index in [1.165, 1.54) is 24.3 Å². The van der Waals surface area contributed by atoms with Crippen molar-refractivity contribution in [1.29, 1.82) is 0 Å². The number of nitrogens with one attached hydrogen (secondary N) is 1. The number of carbonyl (C=O) groups excluding carboxylic acids is 1. The molecule has 0 aliphatic carbocycles. The maximum absolute atomic E-state index is 12.5. The number of halogens is 1. The maximum atomic E-state index is 12.5. The van der Waals surface area contributed by atoms with Crippen molar-refractivity contribution in [2.75, 3.05) is 13.7 Å². The zero-order valence-corrected chi connectivity index (χ0v) is 15.6. The third kappa shape index (κ3) is 3.54. The molecule has 0 saturated carbocycles. The van der Waals surface area contributed by atoms with E-state index < -0.39 is 10.1 Å². The molecule has 1 N–H and O–H groups in total. The molecule has 1 amide bonds. The van der Waals surface area contributed by atoms with Crippen LogP contribution in [0.2, 0.25) is 5.02 Å².